The van der Waals surface area contributed by atoms with E-state index in [-0.39, 0.29) is 53.9 Å². The number of carboxylic acids is 1. The first kappa shape index (κ1) is 48.8. The third-order valence-corrected chi connectivity index (χ3v) is 11.1. The van der Waals surface area contributed by atoms with Gasteiger partial charge in [-0.15, -0.1) is 0 Å². The molecule has 6 rings (SSSR count). The molecule has 0 spiro atoms. The molecule has 4 aromatic rings. The van der Waals surface area contributed by atoms with Crippen LogP contribution in [0.5, 0.6) is 17.2 Å². The van der Waals surface area contributed by atoms with Crippen LogP contribution in [0.4, 0.5) is 9.59 Å². The molecule has 346 valence electrons. The van der Waals surface area contributed by atoms with Crippen molar-refractivity contribution in [1.29, 1.82) is 0 Å². The maximum absolute atomic E-state index is 12.4. The van der Waals surface area contributed by atoms with E-state index in [1.165, 1.54) is 4.90 Å². The van der Waals surface area contributed by atoms with Gasteiger partial charge in [-0.25, -0.2) is 14.6 Å². The SMILES string of the molecule is CCOC(=O)[C@H]1CN(C(=O)OCC(C)C)C[C@H]1Cc1ccc(O)cc1.COc1ccc(-c2nc(CCOc3ccc(C[C@@H]4CN(C(=O)OCC(C)C)C[C@@H]4C(=O)O)cc3)c(C)o2)cc1. The van der Waals surface area contributed by atoms with E-state index in [0.29, 0.717) is 71.2 Å². The van der Waals surface area contributed by atoms with E-state index in [2.05, 4.69) is 4.98 Å². The number of carbonyl (C=O) groups excluding carboxylic acids is 3. The first-order chi connectivity index (χ1) is 30.6. The number of phenols is 1. The Kier molecular flexibility index (Phi) is 17.9. The number of aromatic hydroxyl groups is 1. The highest BCUT2D eigenvalue weighted by Crippen LogP contribution is 2.31. The van der Waals surface area contributed by atoms with Crippen molar-refractivity contribution in [3.05, 3.63) is 95.4 Å². The van der Waals surface area contributed by atoms with Gasteiger partial charge in [-0.1, -0.05) is 52.0 Å². The number of aromatic nitrogens is 1. The van der Waals surface area contributed by atoms with Crippen LogP contribution >= 0.6 is 0 Å². The van der Waals surface area contributed by atoms with Gasteiger partial charge in [0.1, 0.15) is 23.0 Å². The van der Waals surface area contributed by atoms with Crippen molar-refractivity contribution in [2.45, 2.75) is 60.8 Å². The van der Waals surface area contributed by atoms with Crippen molar-refractivity contribution >= 4 is 24.1 Å². The second kappa shape index (κ2) is 23.4. The van der Waals surface area contributed by atoms with Crippen LogP contribution in [0.25, 0.3) is 11.5 Å². The minimum Gasteiger partial charge on any atom is -0.508 e. The summed E-state index contributed by atoms with van der Waals surface area (Å²) < 4.78 is 32.7. The zero-order chi connectivity index (χ0) is 46.3. The number of carbonyl (C=O) groups is 4. The van der Waals surface area contributed by atoms with Crippen molar-refractivity contribution < 1.29 is 57.5 Å². The van der Waals surface area contributed by atoms with Crippen LogP contribution in [0.1, 0.15) is 57.2 Å². The number of aliphatic carboxylic acids is 1. The van der Waals surface area contributed by atoms with Crippen molar-refractivity contribution in [3.63, 3.8) is 0 Å². The average molecular weight is 886 g/mol. The summed E-state index contributed by atoms with van der Waals surface area (Å²) in [6.07, 6.45) is 0.962. The number of benzene rings is 3. The molecule has 3 heterocycles. The Labute approximate surface area is 375 Å². The summed E-state index contributed by atoms with van der Waals surface area (Å²) in [5, 5.41) is 19.1. The summed E-state index contributed by atoms with van der Waals surface area (Å²) >= 11 is 0. The predicted octanol–water partition coefficient (Wildman–Crippen LogP) is 8.09. The highest BCUT2D eigenvalue weighted by atomic mass is 16.6. The molecular weight excluding hydrogens is 823 g/mol. The normalized spacial score (nSPS) is 18.1. The zero-order valence-corrected chi connectivity index (χ0v) is 38.0. The molecule has 2 amide bonds. The number of nitrogens with zero attached hydrogens (tertiary/aromatic N) is 3. The summed E-state index contributed by atoms with van der Waals surface area (Å²) in [6.45, 7) is 14.3. The Bertz CT molecular complexity index is 2120. The topological polar surface area (TPSA) is 187 Å². The van der Waals surface area contributed by atoms with Crippen LogP contribution < -0.4 is 9.47 Å². The van der Waals surface area contributed by atoms with Crippen molar-refractivity contribution in [3.8, 4) is 28.7 Å². The molecule has 15 heteroatoms. The number of ether oxygens (including phenoxy) is 5. The summed E-state index contributed by atoms with van der Waals surface area (Å²) in [5.74, 6) is 1.14. The zero-order valence-electron chi connectivity index (χ0n) is 38.0. The Morgan fingerprint density at radius 3 is 1.77 bits per heavy atom. The van der Waals surface area contributed by atoms with E-state index in [1.807, 2.05) is 95.3 Å². The molecule has 2 saturated heterocycles. The molecule has 2 aliphatic heterocycles. The Hall–Kier alpha value is -6.25. The average Bonchev–Trinajstić information content (AvgIpc) is 4.01. The molecule has 0 radical (unpaired) electrons. The first-order valence-electron chi connectivity index (χ1n) is 22.0. The highest BCUT2D eigenvalue weighted by Gasteiger charge is 2.42. The largest absolute Gasteiger partial charge is 0.508 e. The van der Waals surface area contributed by atoms with Gasteiger partial charge < -0.3 is 48.1 Å². The van der Waals surface area contributed by atoms with Gasteiger partial charge in [-0.3, -0.25) is 9.59 Å². The van der Waals surface area contributed by atoms with Gasteiger partial charge in [-0.2, -0.15) is 0 Å². The van der Waals surface area contributed by atoms with Gasteiger partial charge in [0.25, 0.3) is 0 Å². The molecule has 0 saturated carbocycles. The number of aryl methyl sites for hydroxylation is 1. The van der Waals surface area contributed by atoms with Gasteiger partial charge in [-0.05, 0) is 110 Å². The highest BCUT2D eigenvalue weighted by molar-refractivity contribution is 5.76. The second-order valence-corrected chi connectivity index (χ2v) is 17.1. The Morgan fingerprint density at radius 2 is 1.25 bits per heavy atom. The van der Waals surface area contributed by atoms with Crippen molar-refractivity contribution in [2.75, 3.05) is 59.7 Å². The lowest BCUT2D eigenvalue weighted by Gasteiger charge is -2.17. The fourth-order valence-electron chi connectivity index (χ4n) is 7.65. The number of likely N-dealkylation sites (tertiary alicyclic amines) is 2. The first-order valence-corrected chi connectivity index (χ1v) is 22.0. The molecule has 64 heavy (non-hydrogen) atoms. The minimum absolute atomic E-state index is 0.0322. The van der Waals surface area contributed by atoms with E-state index in [9.17, 15) is 29.4 Å². The molecule has 2 fully saturated rings. The Balaban J connectivity index is 0.000000266. The van der Waals surface area contributed by atoms with E-state index < -0.39 is 18.0 Å². The van der Waals surface area contributed by atoms with Crippen LogP contribution in [-0.2, 0) is 43.1 Å². The van der Waals surface area contributed by atoms with Crippen LogP contribution in [0.2, 0.25) is 0 Å². The molecule has 2 N–H and O–H groups in total. The van der Waals surface area contributed by atoms with E-state index in [1.54, 1.807) is 31.1 Å². The fourth-order valence-corrected chi connectivity index (χ4v) is 7.65. The monoisotopic (exact) mass is 885 g/mol. The minimum atomic E-state index is -0.891. The van der Waals surface area contributed by atoms with Crippen LogP contribution in [-0.4, -0.2) is 109 Å². The summed E-state index contributed by atoms with van der Waals surface area (Å²) in [6, 6.07) is 22.1. The maximum Gasteiger partial charge on any atom is 0.409 e. The van der Waals surface area contributed by atoms with Crippen LogP contribution in [0, 0.1) is 42.4 Å². The summed E-state index contributed by atoms with van der Waals surface area (Å²) in [5.41, 5.74) is 3.72. The van der Waals surface area contributed by atoms with Gasteiger partial charge >= 0.3 is 24.1 Å². The molecule has 4 atom stereocenters. The van der Waals surface area contributed by atoms with Gasteiger partial charge in [0, 0.05) is 38.2 Å². The molecule has 15 nitrogen and oxygen atoms in total. The van der Waals surface area contributed by atoms with Crippen molar-refractivity contribution in [1.82, 2.24) is 14.8 Å². The van der Waals surface area contributed by atoms with E-state index in [4.69, 9.17) is 28.1 Å². The number of hydrogen-bond acceptors (Lipinski definition) is 12. The number of carboxylic acid groups (broad SMARTS) is 1. The molecule has 3 aromatic carbocycles. The molecule has 2 aliphatic rings. The number of oxazole rings is 1. The number of methoxy groups -OCH3 is 1. The number of rotatable bonds is 17. The third-order valence-electron chi connectivity index (χ3n) is 11.1. The van der Waals surface area contributed by atoms with Crippen LogP contribution in [0.15, 0.2) is 77.2 Å². The van der Waals surface area contributed by atoms with Gasteiger partial charge in [0.05, 0.1) is 51.1 Å². The lowest BCUT2D eigenvalue weighted by atomic mass is 9.90. The maximum atomic E-state index is 12.4. The lowest BCUT2D eigenvalue weighted by molar-refractivity contribution is -0.148. The molecule has 0 bridgehead atoms. The van der Waals surface area contributed by atoms with Gasteiger partial charge in [0.15, 0.2) is 0 Å². The molecule has 0 aliphatic carbocycles. The van der Waals surface area contributed by atoms with Crippen molar-refractivity contribution in [2.24, 2.45) is 35.5 Å². The quantitative estimate of drug-likeness (QED) is 0.0766. The number of phenolic OH excluding ortho intramolecular Hbond substituents is 1. The fraction of sp³-hybridized carbons (Fsp3) is 0.490. The molecular formula is C49H63N3O12. The summed E-state index contributed by atoms with van der Waals surface area (Å²) in [4.78, 5) is 56.5. The number of hydrogen-bond donors (Lipinski definition) is 2. The number of esters is 1. The third kappa shape index (κ3) is 14.1. The predicted molar refractivity (Wildman–Crippen MR) is 238 cm³/mol. The van der Waals surface area contributed by atoms with E-state index in [0.717, 1.165) is 39.6 Å². The van der Waals surface area contributed by atoms with E-state index >= 15 is 0 Å². The second-order valence-electron chi connectivity index (χ2n) is 17.1. The molecule has 0 unspecified atom stereocenters. The van der Waals surface area contributed by atoms with Crippen LogP contribution in [0.3, 0.4) is 0 Å². The lowest BCUT2D eigenvalue weighted by Crippen LogP contribution is -2.31. The molecule has 1 aromatic heterocycles. The summed E-state index contributed by atoms with van der Waals surface area (Å²) in [7, 11) is 1.63. The van der Waals surface area contributed by atoms with Gasteiger partial charge in [0.2, 0.25) is 5.89 Å². The Morgan fingerprint density at radius 1 is 0.734 bits per heavy atom. The standard InChI is InChI=1S/C30H36N2O7.C19H27NO5/c1-19(2)18-38-30(35)32-16-23(26(17-32)29(33)34)15-21-5-9-25(10-6-21)37-14-13-27-20(3)39-28(31-27)22-7-11-24(36-4)12-8-22;1-4-24-18(22)17-11-20(19(23)25-12-13(2)3)10-15(17)9-14-5-7-16(21)8-6-14/h5-12,19,23,26H,13-18H2,1-4H3,(H,33,34);5-8,13,15,17,21H,4,9-12H2,1-3H3/t23-,26+;15-,17+/m11/s1. The smallest absolute Gasteiger partial charge is 0.409 e. The number of amides is 2.